The molecule has 0 amide bonds. The molecule has 1 aliphatic rings. The van der Waals surface area contributed by atoms with Gasteiger partial charge in [0.25, 0.3) is 0 Å². The molecule has 22 heavy (non-hydrogen) atoms. The number of hydrogen-bond acceptors (Lipinski definition) is 4. The molecule has 1 aliphatic heterocycles. The van der Waals surface area contributed by atoms with Gasteiger partial charge in [-0.1, -0.05) is 5.16 Å². The van der Waals surface area contributed by atoms with E-state index in [0.717, 1.165) is 36.5 Å². The van der Waals surface area contributed by atoms with Crippen LogP contribution in [0.4, 0.5) is 0 Å². The van der Waals surface area contributed by atoms with E-state index in [1.807, 2.05) is 33.2 Å². The second-order valence-corrected chi connectivity index (χ2v) is 6.25. The van der Waals surface area contributed by atoms with Crippen molar-refractivity contribution < 1.29 is 9.32 Å². The highest BCUT2D eigenvalue weighted by molar-refractivity contribution is 5.94. The summed E-state index contributed by atoms with van der Waals surface area (Å²) in [6, 6.07) is 2.37. The number of carbonyl (C=O) groups excluding carboxylic acids is 1. The van der Waals surface area contributed by atoms with Crippen molar-refractivity contribution in [2.75, 3.05) is 6.54 Å². The van der Waals surface area contributed by atoms with E-state index < -0.39 is 0 Å². The standard InChI is InChI=1S/C17H23N3O2/c1-11-17(13(3)22-18-11)16-6-5-7-20(16)10-15-8-14(12(2)21)9-19(15)4/h8-9,16H,5-7,10H2,1-4H3/t16-/m1/s1. The lowest BCUT2D eigenvalue weighted by molar-refractivity contribution is 0.101. The summed E-state index contributed by atoms with van der Waals surface area (Å²) in [5, 5.41) is 4.10. The fourth-order valence-corrected chi connectivity index (χ4v) is 3.48. The lowest BCUT2D eigenvalue weighted by atomic mass is 10.0. The summed E-state index contributed by atoms with van der Waals surface area (Å²) >= 11 is 0. The van der Waals surface area contributed by atoms with Gasteiger partial charge in [-0.15, -0.1) is 0 Å². The van der Waals surface area contributed by atoms with Gasteiger partial charge in [0.05, 0.1) is 5.69 Å². The SMILES string of the molecule is CC(=O)c1cc(CN2CCC[C@@H]2c2c(C)noc2C)n(C)c1. The summed E-state index contributed by atoms with van der Waals surface area (Å²) in [6.45, 7) is 7.52. The molecule has 0 saturated carbocycles. The van der Waals surface area contributed by atoms with Crippen molar-refractivity contribution in [2.45, 2.75) is 46.2 Å². The van der Waals surface area contributed by atoms with E-state index in [-0.39, 0.29) is 5.78 Å². The topological polar surface area (TPSA) is 51.3 Å². The van der Waals surface area contributed by atoms with E-state index in [1.54, 1.807) is 6.92 Å². The third-order valence-corrected chi connectivity index (χ3v) is 4.66. The predicted molar refractivity (Wildman–Crippen MR) is 83.8 cm³/mol. The minimum Gasteiger partial charge on any atom is -0.361 e. The molecular weight excluding hydrogens is 278 g/mol. The first-order valence-electron chi connectivity index (χ1n) is 7.80. The number of ketones is 1. The lowest BCUT2D eigenvalue weighted by Gasteiger charge is -2.24. The summed E-state index contributed by atoms with van der Waals surface area (Å²) in [5.41, 5.74) is 4.18. The van der Waals surface area contributed by atoms with Crippen LogP contribution in [-0.2, 0) is 13.6 Å². The molecule has 5 heteroatoms. The quantitative estimate of drug-likeness (QED) is 0.814. The molecule has 2 aromatic rings. The molecule has 5 nitrogen and oxygen atoms in total. The number of rotatable bonds is 4. The van der Waals surface area contributed by atoms with E-state index in [9.17, 15) is 4.79 Å². The molecule has 1 saturated heterocycles. The third kappa shape index (κ3) is 2.61. The van der Waals surface area contributed by atoms with Crippen molar-refractivity contribution in [3.8, 4) is 0 Å². The normalized spacial score (nSPS) is 19.0. The van der Waals surface area contributed by atoms with Gasteiger partial charge in [-0.05, 0) is 46.2 Å². The average Bonchev–Trinajstić information content (AvgIpc) is 3.13. The molecule has 0 bridgehead atoms. The first kappa shape index (κ1) is 15.0. The number of likely N-dealkylation sites (tertiary alicyclic amines) is 1. The Labute approximate surface area is 130 Å². The van der Waals surface area contributed by atoms with Crippen LogP contribution in [0.3, 0.4) is 0 Å². The summed E-state index contributed by atoms with van der Waals surface area (Å²) in [7, 11) is 2.00. The monoisotopic (exact) mass is 301 g/mol. The summed E-state index contributed by atoms with van der Waals surface area (Å²) < 4.78 is 7.39. The Balaban J connectivity index is 1.84. The van der Waals surface area contributed by atoms with Crippen LogP contribution in [0.15, 0.2) is 16.8 Å². The number of Topliss-reactive ketones (excluding diaryl/α,β-unsaturated/α-hetero) is 1. The maximum absolute atomic E-state index is 11.5. The Bertz CT molecular complexity index is 679. The zero-order valence-corrected chi connectivity index (χ0v) is 13.7. The fraction of sp³-hybridized carbons (Fsp3) is 0.529. The van der Waals surface area contributed by atoms with Gasteiger partial charge >= 0.3 is 0 Å². The number of carbonyl (C=O) groups is 1. The van der Waals surface area contributed by atoms with Crippen molar-refractivity contribution in [2.24, 2.45) is 7.05 Å². The van der Waals surface area contributed by atoms with Gasteiger partial charge in [-0.2, -0.15) is 0 Å². The van der Waals surface area contributed by atoms with Crippen LogP contribution < -0.4 is 0 Å². The largest absolute Gasteiger partial charge is 0.361 e. The minimum atomic E-state index is 0.116. The molecular formula is C17H23N3O2. The van der Waals surface area contributed by atoms with E-state index in [2.05, 4.69) is 14.6 Å². The van der Waals surface area contributed by atoms with Crippen LogP contribution in [0.1, 0.15) is 58.9 Å². The van der Waals surface area contributed by atoms with Crippen molar-refractivity contribution in [3.05, 3.63) is 40.5 Å². The van der Waals surface area contributed by atoms with Crippen LogP contribution in [0.2, 0.25) is 0 Å². The molecule has 0 aromatic carbocycles. The number of aromatic nitrogens is 2. The van der Waals surface area contributed by atoms with Crippen molar-refractivity contribution in [1.29, 1.82) is 0 Å². The highest BCUT2D eigenvalue weighted by Crippen LogP contribution is 2.36. The molecule has 1 fully saturated rings. The third-order valence-electron chi connectivity index (χ3n) is 4.66. The van der Waals surface area contributed by atoms with E-state index >= 15 is 0 Å². The summed E-state index contributed by atoms with van der Waals surface area (Å²) in [4.78, 5) is 14.0. The van der Waals surface area contributed by atoms with Gasteiger partial charge in [0.2, 0.25) is 0 Å². The second-order valence-electron chi connectivity index (χ2n) is 6.25. The van der Waals surface area contributed by atoms with E-state index in [0.29, 0.717) is 6.04 Å². The first-order valence-corrected chi connectivity index (χ1v) is 7.80. The van der Waals surface area contributed by atoms with Crippen molar-refractivity contribution in [3.63, 3.8) is 0 Å². The van der Waals surface area contributed by atoms with E-state index in [4.69, 9.17) is 4.52 Å². The first-order chi connectivity index (χ1) is 10.5. The number of aryl methyl sites for hydroxylation is 3. The van der Waals surface area contributed by atoms with Gasteiger partial charge < -0.3 is 9.09 Å². The molecule has 0 radical (unpaired) electrons. The Morgan fingerprint density at radius 2 is 2.23 bits per heavy atom. The van der Waals surface area contributed by atoms with Crippen LogP contribution in [0.25, 0.3) is 0 Å². The summed E-state index contributed by atoms with van der Waals surface area (Å²) in [5.74, 6) is 1.04. The molecule has 3 heterocycles. The molecule has 0 N–H and O–H groups in total. The molecule has 1 atom stereocenters. The Morgan fingerprint density at radius 1 is 1.45 bits per heavy atom. The zero-order chi connectivity index (χ0) is 15.9. The van der Waals surface area contributed by atoms with Crippen LogP contribution in [-0.4, -0.2) is 27.0 Å². The van der Waals surface area contributed by atoms with Gasteiger partial charge in [0.1, 0.15) is 5.76 Å². The number of hydrogen-bond donors (Lipinski definition) is 0. The van der Waals surface area contributed by atoms with Gasteiger partial charge in [0, 0.05) is 42.7 Å². The lowest BCUT2D eigenvalue weighted by Crippen LogP contribution is -2.24. The van der Waals surface area contributed by atoms with Gasteiger partial charge in [-0.3, -0.25) is 9.69 Å². The van der Waals surface area contributed by atoms with Gasteiger partial charge in [-0.25, -0.2) is 0 Å². The molecule has 0 aliphatic carbocycles. The second kappa shape index (κ2) is 5.72. The van der Waals surface area contributed by atoms with Gasteiger partial charge in [0.15, 0.2) is 5.78 Å². The average molecular weight is 301 g/mol. The highest BCUT2D eigenvalue weighted by atomic mass is 16.5. The maximum atomic E-state index is 11.5. The Hall–Kier alpha value is -1.88. The molecule has 0 spiro atoms. The Morgan fingerprint density at radius 3 is 2.82 bits per heavy atom. The zero-order valence-electron chi connectivity index (χ0n) is 13.7. The molecule has 3 rings (SSSR count). The molecule has 0 unspecified atom stereocenters. The van der Waals surface area contributed by atoms with E-state index in [1.165, 1.54) is 17.7 Å². The van der Waals surface area contributed by atoms with Crippen molar-refractivity contribution >= 4 is 5.78 Å². The fourth-order valence-electron chi connectivity index (χ4n) is 3.48. The molecule has 2 aromatic heterocycles. The minimum absolute atomic E-state index is 0.116. The molecule has 118 valence electrons. The van der Waals surface area contributed by atoms with Crippen LogP contribution in [0.5, 0.6) is 0 Å². The summed E-state index contributed by atoms with van der Waals surface area (Å²) in [6.07, 6.45) is 4.23. The van der Waals surface area contributed by atoms with Crippen LogP contribution >= 0.6 is 0 Å². The smallest absolute Gasteiger partial charge is 0.161 e. The Kier molecular flexibility index (Phi) is 3.91. The van der Waals surface area contributed by atoms with Crippen LogP contribution in [0, 0.1) is 13.8 Å². The number of nitrogens with zero attached hydrogens (tertiary/aromatic N) is 3. The van der Waals surface area contributed by atoms with Crippen molar-refractivity contribution in [1.82, 2.24) is 14.6 Å². The highest BCUT2D eigenvalue weighted by Gasteiger charge is 2.31. The maximum Gasteiger partial charge on any atom is 0.161 e. The predicted octanol–water partition coefficient (Wildman–Crippen LogP) is 3.17.